The molecule has 0 spiro atoms. The molecule has 0 unspecified atom stereocenters. The molecule has 1 aliphatic rings. The number of hydrogen-bond acceptors (Lipinski definition) is 9. The summed E-state index contributed by atoms with van der Waals surface area (Å²) in [5.41, 5.74) is 2.28. The second-order valence-corrected chi connectivity index (χ2v) is 8.85. The number of nitro benzene ring substituents is 1. The molecule has 13 heteroatoms. The number of benzene rings is 2. The maximum Gasteiger partial charge on any atom is 0.338 e. The normalized spacial score (nSPS) is 14.7. The van der Waals surface area contributed by atoms with Crippen molar-refractivity contribution in [1.29, 1.82) is 0 Å². The van der Waals surface area contributed by atoms with Gasteiger partial charge >= 0.3 is 11.9 Å². The van der Waals surface area contributed by atoms with Gasteiger partial charge in [-0.05, 0) is 36.2 Å². The van der Waals surface area contributed by atoms with E-state index in [0.29, 0.717) is 11.3 Å². The number of nitrogens with zero attached hydrogens (tertiary/aromatic N) is 2. The number of carbonyl (C=O) groups is 5. The van der Waals surface area contributed by atoms with E-state index in [1.807, 2.05) is 13.8 Å². The van der Waals surface area contributed by atoms with E-state index in [1.54, 1.807) is 0 Å². The zero-order valence-electron chi connectivity index (χ0n) is 20.7. The Balaban J connectivity index is 1.47. The molecule has 1 heterocycles. The summed E-state index contributed by atoms with van der Waals surface area (Å²) in [5, 5.41) is 14.5. The quantitative estimate of drug-likeness (QED) is 0.267. The first-order chi connectivity index (χ1) is 18.0. The number of nitro groups is 1. The van der Waals surface area contributed by atoms with Gasteiger partial charge in [0.2, 0.25) is 5.91 Å². The molecule has 1 atom stereocenters. The average molecular weight is 527 g/mol. The molecule has 0 saturated carbocycles. The highest BCUT2D eigenvalue weighted by atomic mass is 16.6. The molecule has 38 heavy (non-hydrogen) atoms. The first-order valence-corrected chi connectivity index (χ1v) is 11.6. The fraction of sp³-hybridized carbons (Fsp3) is 0.320. The van der Waals surface area contributed by atoms with Gasteiger partial charge in [-0.15, -0.1) is 0 Å². The lowest BCUT2D eigenvalue weighted by molar-refractivity contribution is -0.385. The van der Waals surface area contributed by atoms with Crippen LogP contribution in [0.5, 0.6) is 0 Å². The van der Waals surface area contributed by atoms with Crippen molar-refractivity contribution in [2.75, 3.05) is 25.1 Å². The predicted octanol–water partition coefficient (Wildman–Crippen LogP) is 2.08. The van der Waals surface area contributed by atoms with Crippen LogP contribution in [0.4, 0.5) is 11.4 Å². The van der Waals surface area contributed by atoms with Crippen molar-refractivity contribution in [3.63, 3.8) is 0 Å². The highest BCUT2D eigenvalue weighted by Crippen LogP contribution is 2.21. The Labute approximate surface area is 217 Å². The van der Waals surface area contributed by atoms with Crippen molar-refractivity contribution in [1.82, 2.24) is 10.4 Å². The minimum Gasteiger partial charge on any atom is -0.462 e. The van der Waals surface area contributed by atoms with E-state index in [0.717, 1.165) is 11.1 Å². The van der Waals surface area contributed by atoms with Crippen LogP contribution in [-0.2, 0) is 23.9 Å². The van der Waals surface area contributed by atoms with Gasteiger partial charge in [0.05, 0.1) is 29.6 Å². The van der Waals surface area contributed by atoms with E-state index in [2.05, 4.69) is 10.7 Å². The van der Waals surface area contributed by atoms with Gasteiger partial charge in [0.25, 0.3) is 17.5 Å². The fourth-order valence-electron chi connectivity index (χ4n) is 3.45. The SMILES string of the molecule is CC(C)COC(=O)c1ccc(NC(=O)COC(=O)[C@H]2CC(=O)N(NC(=O)c3ccccc3[N+](=O)[O-])C2)cc1. The lowest BCUT2D eigenvalue weighted by Crippen LogP contribution is -2.43. The van der Waals surface area contributed by atoms with E-state index in [-0.39, 0.29) is 31.1 Å². The molecule has 13 nitrogen and oxygen atoms in total. The minimum absolute atomic E-state index is 0.197. The standard InChI is InChI=1S/C25H26N4O9/c1-15(2)13-37-24(33)16-7-9-18(10-8-16)26-21(30)14-38-25(34)17-11-22(31)28(12-17)27-23(32)19-5-3-4-6-20(19)29(35)36/h3-10,15,17H,11-14H2,1-2H3,(H,26,30)(H,27,32)/t17-/m0/s1. The highest BCUT2D eigenvalue weighted by Gasteiger charge is 2.37. The van der Waals surface area contributed by atoms with E-state index in [4.69, 9.17) is 9.47 Å². The summed E-state index contributed by atoms with van der Waals surface area (Å²) in [5.74, 6) is -4.16. The summed E-state index contributed by atoms with van der Waals surface area (Å²) in [6.07, 6.45) is -0.272. The maximum atomic E-state index is 12.5. The van der Waals surface area contributed by atoms with Crippen LogP contribution in [0.3, 0.4) is 0 Å². The van der Waals surface area contributed by atoms with Gasteiger partial charge in [0, 0.05) is 18.2 Å². The Morgan fingerprint density at radius 3 is 2.42 bits per heavy atom. The van der Waals surface area contributed by atoms with Gasteiger partial charge in [-0.1, -0.05) is 26.0 Å². The van der Waals surface area contributed by atoms with E-state index in [1.165, 1.54) is 42.5 Å². The molecule has 3 amide bonds. The molecule has 0 aliphatic carbocycles. The summed E-state index contributed by atoms with van der Waals surface area (Å²) in [4.78, 5) is 71.6. The van der Waals surface area contributed by atoms with Crippen LogP contribution in [-0.4, -0.2) is 59.4 Å². The van der Waals surface area contributed by atoms with Crippen LogP contribution in [0, 0.1) is 22.0 Å². The second-order valence-electron chi connectivity index (χ2n) is 8.85. The third-order valence-corrected chi connectivity index (χ3v) is 5.34. The Kier molecular flexibility index (Phi) is 9.09. The number of ether oxygens (including phenoxy) is 2. The van der Waals surface area contributed by atoms with Crippen LogP contribution < -0.4 is 10.7 Å². The van der Waals surface area contributed by atoms with Crippen LogP contribution in [0.1, 0.15) is 41.0 Å². The van der Waals surface area contributed by atoms with Crippen molar-refractivity contribution < 1.29 is 38.4 Å². The number of hydrogen-bond donors (Lipinski definition) is 2. The Hall–Kier alpha value is -4.81. The molecule has 0 bridgehead atoms. The number of para-hydroxylation sites is 1. The number of carbonyl (C=O) groups excluding carboxylic acids is 5. The van der Waals surface area contributed by atoms with Gasteiger partial charge in [-0.25, -0.2) is 4.79 Å². The summed E-state index contributed by atoms with van der Waals surface area (Å²) in [6, 6.07) is 11.2. The third-order valence-electron chi connectivity index (χ3n) is 5.34. The molecule has 2 N–H and O–H groups in total. The molecule has 200 valence electrons. The summed E-state index contributed by atoms with van der Waals surface area (Å²) in [7, 11) is 0. The zero-order chi connectivity index (χ0) is 27.8. The molecule has 1 saturated heterocycles. The first kappa shape index (κ1) is 27.8. The van der Waals surface area contributed by atoms with Crippen molar-refractivity contribution in [2.24, 2.45) is 11.8 Å². The zero-order valence-corrected chi connectivity index (χ0v) is 20.7. The summed E-state index contributed by atoms with van der Waals surface area (Å²) in [6.45, 7) is 3.27. The van der Waals surface area contributed by atoms with Crippen molar-refractivity contribution >= 4 is 41.0 Å². The third kappa shape index (κ3) is 7.35. The van der Waals surface area contributed by atoms with E-state index in [9.17, 15) is 34.1 Å². The molecule has 0 aromatic heterocycles. The van der Waals surface area contributed by atoms with Crippen molar-refractivity contribution in [3.05, 3.63) is 69.8 Å². The number of nitrogens with one attached hydrogen (secondary N) is 2. The van der Waals surface area contributed by atoms with Gasteiger partial charge in [0.1, 0.15) is 5.56 Å². The Morgan fingerprint density at radius 1 is 1.08 bits per heavy atom. The van der Waals surface area contributed by atoms with Crippen LogP contribution in [0.2, 0.25) is 0 Å². The topological polar surface area (TPSA) is 174 Å². The molecule has 3 rings (SSSR count). The number of hydrazine groups is 1. The van der Waals surface area contributed by atoms with E-state index >= 15 is 0 Å². The predicted molar refractivity (Wildman–Crippen MR) is 132 cm³/mol. The average Bonchev–Trinajstić information content (AvgIpc) is 3.26. The molecular weight excluding hydrogens is 500 g/mol. The van der Waals surface area contributed by atoms with Crippen LogP contribution >= 0.6 is 0 Å². The molecule has 0 radical (unpaired) electrons. The smallest absolute Gasteiger partial charge is 0.338 e. The second kappa shape index (κ2) is 12.4. The lowest BCUT2D eigenvalue weighted by Gasteiger charge is -2.17. The Morgan fingerprint density at radius 2 is 1.76 bits per heavy atom. The molecular formula is C25H26N4O9. The lowest BCUT2D eigenvalue weighted by atomic mass is 10.1. The minimum atomic E-state index is -0.947. The van der Waals surface area contributed by atoms with Crippen molar-refractivity contribution in [3.8, 4) is 0 Å². The van der Waals surface area contributed by atoms with Gasteiger partial charge in [-0.2, -0.15) is 0 Å². The van der Waals surface area contributed by atoms with Crippen LogP contribution in [0.15, 0.2) is 48.5 Å². The van der Waals surface area contributed by atoms with Crippen molar-refractivity contribution in [2.45, 2.75) is 20.3 Å². The maximum absolute atomic E-state index is 12.5. The summed E-state index contributed by atoms with van der Waals surface area (Å²) >= 11 is 0. The van der Waals surface area contributed by atoms with E-state index < -0.39 is 52.8 Å². The first-order valence-electron chi connectivity index (χ1n) is 11.6. The Bertz CT molecular complexity index is 1240. The fourth-order valence-corrected chi connectivity index (χ4v) is 3.45. The van der Waals surface area contributed by atoms with Crippen LogP contribution in [0.25, 0.3) is 0 Å². The summed E-state index contributed by atoms with van der Waals surface area (Å²) < 4.78 is 10.1. The highest BCUT2D eigenvalue weighted by molar-refractivity contribution is 6.00. The molecule has 1 aliphatic heterocycles. The molecule has 2 aromatic carbocycles. The van der Waals surface area contributed by atoms with Gasteiger partial charge < -0.3 is 14.8 Å². The van der Waals surface area contributed by atoms with Gasteiger partial charge in [0.15, 0.2) is 6.61 Å². The van der Waals surface area contributed by atoms with Gasteiger partial charge in [-0.3, -0.25) is 39.7 Å². The largest absolute Gasteiger partial charge is 0.462 e. The monoisotopic (exact) mass is 526 g/mol. The number of esters is 2. The number of rotatable bonds is 10. The molecule has 2 aromatic rings. The molecule has 1 fully saturated rings. The number of amides is 3. The number of anilines is 1.